The molecule has 33 heavy (non-hydrogen) atoms. The number of benzene rings is 2. The number of aliphatic carboxylic acids is 1. The van der Waals surface area contributed by atoms with Gasteiger partial charge in [0.2, 0.25) is 5.79 Å². The highest BCUT2D eigenvalue weighted by Gasteiger charge is 2.44. The van der Waals surface area contributed by atoms with Crippen molar-refractivity contribution in [2.24, 2.45) is 0 Å². The molecule has 0 saturated carbocycles. The summed E-state index contributed by atoms with van der Waals surface area (Å²) in [5, 5.41) is 10.0. The van der Waals surface area contributed by atoms with Crippen LogP contribution in [0.5, 0.6) is 0 Å². The van der Waals surface area contributed by atoms with E-state index in [0.717, 1.165) is 21.6 Å². The minimum atomic E-state index is -1.14. The van der Waals surface area contributed by atoms with E-state index in [1.54, 1.807) is 34.6 Å². The molecule has 1 fully saturated rings. The van der Waals surface area contributed by atoms with E-state index < -0.39 is 34.9 Å². The van der Waals surface area contributed by atoms with Crippen LogP contribution in [0.1, 0.15) is 51.3 Å². The van der Waals surface area contributed by atoms with Gasteiger partial charge in [-0.3, -0.25) is 4.90 Å². The Morgan fingerprint density at radius 3 is 1.94 bits per heavy atom. The molecule has 0 aromatic heterocycles. The molecule has 178 valence electrons. The molecule has 1 saturated heterocycles. The number of likely N-dealkylation sites (N-methyl/N-ethyl adjacent to an activating group) is 1. The molecule has 7 heteroatoms. The first kappa shape index (κ1) is 24.7. The predicted octanol–water partition coefficient (Wildman–Crippen LogP) is 4.53. The molecule has 3 rings (SSSR count). The van der Waals surface area contributed by atoms with Crippen LogP contribution in [0.2, 0.25) is 0 Å². The van der Waals surface area contributed by atoms with Crippen LogP contribution in [0.25, 0.3) is 0 Å². The number of carbonyl (C=O) groups is 2. The molecule has 0 bridgehead atoms. The average molecular weight is 456 g/mol. The summed E-state index contributed by atoms with van der Waals surface area (Å²) in [4.78, 5) is 26.0. The van der Waals surface area contributed by atoms with Crippen molar-refractivity contribution in [2.45, 2.75) is 57.5 Å². The third-order valence-electron chi connectivity index (χ3n) is 5.84. The zero-order chi connectivity index (χ0) is 24.4. The number of carboxylic acids is 1. The fourth-order valence-corrected chi connectivity index (χ4v) is 4.24. The molecule has 0 aliphatic carbocycles. The summed E-state index contributed by atoms with van der Waals surface area (Å²) in [5.41, 5.74) is 0.830. The van der Waals surface area contributed by atoms with Crippen LogP contribution in [0.15, 0.2) is 54.6 Å². The van der Waals surface area contributed by atoms with E-state index in [9.17, 15) is 14.7 Å². The second kappa shape index (κ2) is 9.15. The molecule has 0 spiro atoms. The monoisotopic (exact) mass is 455 g/mol. The quantitative estimate of drug-likeness (QED) is 0.689. The van der Waals surface area contributed by atoms with E-state index in [2.05, 4.69) is 0 Å². The maximum absolute atomic E-state index is 12.6. The topological polar surface area (TPSA) is 85.3 Å². The van der Waals surface area contributed by atoms with Crippen LogP contribution < -0.4 is 0 Å². The number of carboxylic acid groups (broad SMARTS) is 1. The lowest BCUT2D eigenvalue weighted by Crippen LogP contribution is -2.54. The Hall–Kier alpha value is -2.90. The number of hydrogen-bond donors (Lipinski definition) is 1. The fraction of sp³-hybridized carbons (Fsp3) is 0.462. The summed E-state index contributed by atoms with van der Waals surface area (Å²) in [6, 6.07) is 16.1. The summed E-state index contributed by atoms with van der Waals surface area (Å²) >= 11 is 0. The van der Waals surface area contributed by atoms with Crippen molar-refractivity contribution in [1.29, 1.82) is 0 Å². The third kappa shape index (κ3) is 5.04. The van der Waals surface area contributed by atoms with Gasteiger partial charge in [-0.25, -0.2) is 9.59 Å². The molecular formula is C26H33NO6. The highest BCUT2D eigenvalue weighted by atomic mass is 16.7. The van der Waals surface area contributed by atoms with Crippen molar-refractivity contribution in [1.82, 2.24) is 4.90 Å². The van der Waals surface area contributed by atoms with Crippen molar-refractivity contribution in [3.8, 4) is 0 Å². The predicted molar refractivity (Wildman–Crippen MR) is 124 cm³/mol. The second-order valence-electron chi connectivity index (χ2n) is 9.81. The van der Waals surface area contributed by atoms with Crippen molar-refractivity contribution < 1.29 is 28.9 Å². The van der Waals surface area contributed by atoms with E-state index in [-0.39, 0.29) is 0 Å². The lowest BCUT2D eigenvalue weighted by molar-refractivity contribution is -0.145. The molecule has 2 aromatic rings. The van der Waals surface area contributed by atoms with Crippen LogP contribution in [-0.2, 0) is 30.2 Å². The summed E-state index contributed by atoms with van der Waals surface area (Å²) in [6.45, 7) is 9.79. The van der Waals surface area contributed by atoms with Crippen molar-refractivity contribution in [2.75, 3.05) is 20.3 Å². The Balaban J connectivity index is 1.93. The summed E-state index contributed by atoms with van der Waals surface area (Å²) in [6.07, 6.45) is -0.685. The maximum atomic E-state index is 12.6. The van der Waals surface area contributed by atoms with E-state index in [0.29, 0.717) is 13.2 Å². The van der Waals surface area contributed by atoms with Crippen LogP contribution >= 0.6 is 0 Å². The van der Waals surface area contributed by atoms with Gasteiger partial charge in [0, 0.05) is 23.6 Å². The third-order valence-corrected chi connectivity index (χ3v) is 5.84. The van der Waals surface area contributed by atoms with E-state index in [4.69, 9.17) is 14.2 Å². The van der Waals surface area contributed by atoms with Gasteiger partial charge in [0.1, 0.15) is 11.6 Å². The van der Waals surface area contributed by atoms with Gasteiger partial charge in [-0.05, 0) is 26.3 Å². The van der Waals surface area contributed by atoms with Crippen LogP contribution in [0.3, 0.4) is 0 Å². The van der Waals surface area contributed by atoms with Gasteiger partial charge in [0.25, 0.3) is 0 Å². The average Bonchev–Trinajstić information content (AvgIpc) is 3.24. The molecule has 7 nitrogen and oxygen atoms in total. The van der Waals surface area contributed by atoms with Crippen LogP contribution in [0.4, 0.5) is 4.79 Å². The van der Waals surface area contributed by atoms with E-state index in [1.807, 2.05) is 54.6 Å². The number of ether oxygens (including phenoxy) is 3. The summed E-state index contributed by atoms with van der Waals surface area (Å²) in [7, 11) is 1.45. The van der Waals surface area contributed by atoms with Gasteiger partial charge in [0.05, 0.1) is 13.2 Å². The number of hydrogen-bond acceptors (Lipinski definition) is 5. The lowest BCUT2D eigenvalue weighted by atomic mass is 9.76. The van der Waals surface area contributed by atoms with Crippen molar-refractivity contribution in [3.05, 3.63) is 71.3 Å². The van der Waals surface area contributed by atoms with E-state index in [1.165, 1.54) is 7.05 Å². The molecule has 1 atom stereocenters. The number of rotatable bonds is 6. The number of nitrogens with zero attached hydrogens (tertiary/aromatic N) is 1. The van der Waals surface area contributed by atoms with Gasteiger partial charge < -0.3 is 19.3 Å². The molecule has 1 N–H and O–H groups in total. The van der Waals surface area contributed by atoms with Crippen LogP contribution in [0, 0.1) is 0 Å². The van der Waals surface area contributed by atoms with Gasteiger partial charge >= 0.3 is 12.1 Å². The highest BCUT2D eigenvalue weighted by molar-refractivity contribution is 5.82. The zero-order valence-corrected chi connectivity index (χ0v) is 20.1. The first-order valence-corrected chi connectivity index (χ1v) is 11.0. The van der Waals surface area contributed by atoms with E-state index >= 15 is 0 Å². The Morgan fingerprint density at radius 2 is 1.45 bits per heavy atom. The normalized spacial score (nSPS) is 16.8. The van der Waals surface area contributed by atoms with Crippen molar-refractivity contribution in [3.63, 3.8) is 0 Å². The molecule has 1 aliphatic rings. The fourth-order valence-electron chi connectivity index (χ4n) is 4.24. The Labute approximate surface area is 195 Å². The molecule has 1 aliphatic heterocycles. The summed E-state index contributed by atoms with van der Waals surface area (Å²) < 4.78 is 17.5. The first-order chi connectivity index (χ1) is 15.4. The van der Waals surface area contributed by atoms with Gasteiger partial charge in [0.15, 0.2) is 0 Å². The molecule has 1 heterocycles. The summed E-state index contributed by atoms with van der Waals surface area (Å²) in [5.74, 6) is -2.11. The maximum Gasteiger partial charge on any atom is 0.410 e. The number of carbonyl (C=O) groups excluding carboxylic acids is 1. The van der Waals surface area contributed by atoms with Crippen molar-refractivity contribution >= 4 is 12.1 Å². The van der Waals surface area contributed by atoms with Gasteiger partial charge in [-0.15, -0.1) is 0 Å². The van der Waals surface area contributed by atoms with Crippen LogP contribution in [-0.4, -0.2) is 54.0 Å². The largest absolute Gasteiger partial charge is 0.480 e. The van der Waals surface area contributed by atoms with Gasteiger partial charge in [-0.2, -0.15) is 0 Å². The molecule has 1 amide bonds. The second-order valence-corrected chi connectivity index (χ2v) is 9.81. The Kier molecular flexibility index (Phi) is 6.86. The standard InChI is InChI=1S/C26H33NO6/c1-24(2,3)33-23(30)27(6)21(22(28)29)25(4,5)18-12-14-20(15-13-18)26(31-16-17-32-26)19-10-8-7-9-11-19/h7-15,21H,16-17H2,1-6H3,(H,28,29)/t21-/m1/s1. The Bertz CT molecular complexity index is 972. The molecule has 2 aromatic carbocycles. The molecule has 0 unspecified atom stereocenters. The number of amides is 1. The SMILES string of the molecule is CN(C(=O)OC(C)(C)C)[C@H](C(=O)O)C(C)(C)c1ccc(C2(c3ccccc3)OCCO2)cc1. The first-order valence-electron chi connectivity index (χ1n) is 11.0. The molecular weight excluding hydrogens is 422 g/mol. The minimum Gasteiger partial charge on any atom is -0.480 e. The molecule has 0 radical (unpaired) electrons. The minimum absolute atomic E-state index is 0.476. The zero-order valence-electron chi connectivity index (χ0n) is 20.1. The van der Waals surface area contributed by atoms with Gasteiger partial charge in [-0.1, -0.05) is 68.4 Å². The Morgan fingerprint density at radius 1 is 0.939 bits per heavy atom. The lowest BCUT2D eigenvalue weighted by Gasteiger charge is -2.38. The highest BCUT2D eigenvalue weighted by Crippen LogP contribution is 2.39. The smallest absolute Gasteiger partial charge is 0.410 e.